The Bertz CT molecular complexity index is 492. The number of hydrogen-bond acceptors (Lipinski definition) is 4. The summed E-state index contributed by atoms with van der Waals surface area (Å²) in [5.74, 6) is 1.60. The number of aryl methyl sites for hydroxylation is 1. The molecule has 0 spiro atoms. The summed E-state index contributed by atoms with van der Waals surface area (Å²) in [6, 6.07) is 6.35. The number of fused-ring (bicyclic) bond motifs is 1. The molecule has 0 heterocycles. The van der Waals surface area contributed by atoms with E-state index in [9.17, 15) is 4.21 Å². The Morgan fingerprint density at radius 3 is 2.86 bits per heavy atom. The molecule has 0 aromatic heterocycles. The van der Waals surface area contributed by atoms with Gasteiger partial charge in [-0.3, -0.25) is 4.21 Å². The summed E-state index contributed by atoms with van der Waals surface area (Å²) in [5, 5.41) is 3.53. The second-order valence-corrected chi connectivity index (χ2v) is 7.11. The smallest absolute Gasteiger partial charge is 0.119 e. The largest absolute Gasteiger partial charge is 0.497 e. The van der Waals surface area contributed by atoms with E-state index in [4.69, 9.17) is 9.47 Å². The standard InChI is InChI=1S/C16H25NO3S/c1-17-16-14-7-6-13(20-3)11-12(14)5-8-15(16)21(18)10-4-9-19-2/h6-7,11,15-17H,4-5,8-10H2,1-3H3. The Hall–Kier alpha value is -0.910. The lowest BCUT2D eigenvalue weighted by Crippen LogP contribution is -2.37. The maximum atomic E-state index is 12.6. The van der Waals surface area contributed by atoms with E-state index in [1.54, 1.807) is 14.2 Å². The Balaban J connectivity index is 2.13. The molecule has 0 radical (unpaired) electrons. The number of rotatable bonds is 7. The van der Waals surface area contributed by atoms with Crippen LogP contribution in [0.2, 0.25) is 0 Å². The van der Waals surface area contributed by atoms with Gasteiger partial charge in [-0.1, -0.05) is 6.07 Å². The minimum Gasteiger partial charge on any atom is -0.497 e. The highest BCUT2D eigenvalue weighted by Gasteiger charge is 2.32. The molecular formula is C16H25NO3S. The maximum absolute atomic E-state index is 12.6. The molecule has 1 aromatic carbocycles. The van der Waals surface area contributed by atoms with Gasteiger partial charge in [0, 0.05) is 36.3 Å². The number of ether oxygens (including phenoxy) is 2. The Kier molecular flexibility index (Phi) is 6.21. The van der Waals surface area contributed by atoms with Crippen LogP contribution in [0.3, 0.4) is 0 Å². The van der Waals surface area contributed by atoms with Gasteiger partial charge in [0.1, 0.15) is 5.75 Å². The molecular weight excluding hydrogens is 286 g/mol. The second-order valence-electron chi connectivity index (χ2n) is 5.34. The zero-order valence-electron chi connectivity index (χ0n) is 13.1. The summed E-state index contributed by atoms with van der Waals surface area (Å²) in [6.07, 6.45) is 2.77. The molecule has 0 saturated carbocycles. The van der Waals surface area contributed by atoms with Crippen LogP contribution in [0.1, 0.15) is 30.0 Å². The van der Waals surface area contributed by atoms with Crippen LogP contribution >= 0.6 is 0 Å². The molecule has 3 atom stereocenters. The molecule has 0 saturated heterocycles. The van der Waals surface area contributed by atoms with Gasteiger partial charge in [0.15, 0.2) is 0 Å². The van der Waals surface area contributed by atoms with E-state index in [2.05, 4.69) is 17.4 Å². The third-order valence-electron chi connectivity index (χ3n) is 4.10. The van der Waals surface area contributed by atoms with Gasteiger partial charge in [0.05, 0.1) is 12.4 Å². The van der Waals surface area contributed by atoms with Crippen LogP contribution < -0.4 is 10.1 Å². The minimum atomic E-state index is -0.826. The highest BCUT2D eigenvalue weighted by atomic mass is 32.2. The lowest BCUT2D eigenvalue weighted by Gasteiger charge is -2.33. The van der Waals surface area contributed by atoms with Crippen LogP contribution in [0.5, 0.6) is 5.75 Å². The van der Waals surface area contributed by atoms with Crippen molar-refractivity contribution in [2.45, 2.75) is 30.6 Å². The molecule has 2 rings (SSSR count). The van der Waals surface area contributed by atoms with E-state index in [1.807, 2.05) is 13.1 Å². The van der Waals surface area contributed by atoms with E-state index in [-0.39, 0.29) is 11.3 Å². The molecule has 0 bridgehead atoms. The highest BCUT2D eigenvalue weighted by molar-refractivity contribution is 7.85. The maximum Gasteiger partial charge on any atom is 0.119 e. The van der Waals surface area contributed by atoms with Crippen LogP contribution in [0.4, 0.5) is 0 Å². The van der Waals surface area contributed by atoms with Gasteiger partial charge in [-0.25, -0.2) is 0 Å². The van der Waals surface area contributed by atoms with E-state index >= 15 is 0 Å². The molecule has 1 aliphatic rings. The Morgan fingerprint density at radius 1 is 1.38 bits per heavy atom. The molecule has 1 N–H and O–H groups in total. The van der Waals surface area contributed by atoms with Crippen molar-refractivity contribution in [2.24, 2.45) is 0 Å². The van der Waals surface area contributed by atoms with Crippen molar-refractivity contribution in [3.05, 3.63) is 29.3 Å². The fourth-order valence-corrected chi connectivity index (χ4v) is 4.69. The van der Waals surface area contributed by atoms with Crippen LogP contribution in [0.15, 0.2) is 18.2 Å². The van der Waals surface area contributed by atoms with Gasteiger partial charge >= 0.3 is 0 Å². The fraction of sp³-hybridized carbons (Fsp3) is 0.625. The highest BCUT2D eigenvalue weighted by Crippen LogP contribution is 2.34. The fourth-order valence-electron chi connectivity index (χ4n) is 3.02. The van der Waals surface area contributed by atoms with Crippen LogP contribution in [0.25, 0.3) is 0 Å². The topological polar surface area (TPSA) is 47.6 Å². The van der Waals surface area contributed by atoms with Crippen molar-refractivity contribution in [1.29, 1.82) is 0 Å². The second kappa shape index (κ2) is 7.92. The first-order valence-electron chi connectivity index (χ1n) is 7.41. The van der Waals surface area contributed by atoms with Crippen molar-refractivity contribution < 1.29 is 13.7 Å². The first kappa shape index (κ1) is 16.5. The summed E-state index contributed by atoms with van der Waals surface area (Å²) in [6.45, 7) is 0.677. The predicted molar refractivity (Wildman–Crippen MR) is 86.4 cm³/mol. The van der Waals surface area contributed by atoms with E-state index in [0.717, 1.165) is 25.0 Å². The van der Waals surface area contributed by atoms with Gasteiger partial charge < -0.3 is 14.8 Å². The molecule has 5 heteroatoms. The lowest BCUT2D eigenvalue weighted by molar-refractivity contribution is 0.200. The van der Waals surface area contributed by atoms with Crippen molar-refractivity contribution in [2.75, 3.05) is 33.6 Å². The summed E-state index contributed by atoms with van der Waals surface area (Å²) in [5.41, 5.74) is 2.56. The summed E-state index contributed by atoms with van der Waals surface area (Å²) >= 11 is 0. The van der Waals surface area contributed by atoms with Crippen LogP contribution in [-0.4, -0.2) is 43.1 Å². The van der Waals surface area contributed by atoms with E-state index in [1.165, 1.54) is 11.1 Å². The van der Waals surface area contributed by atoms with Gasteiger partial charge in [0.2, 0.25) is 0 Å². The van der Waals surface area contributed by atoms with E-state index in [0.29, 0.717) is 12.4 Å². The summed E-state index contributed by atoms with van der Waals surface area (Å²) < 4.78 is 22.9. The van der Waals surface area contributed by atoms with Crippen molar-refractivity contribution in [3.63, 3.8) is 0 Å². The van der Waals surface area contributed by atoms with Crippen LogP contribution in [-0.2, 0) is 22.0 Å². The quantitative estimate of drug-likeness (QED) is 0.783. The third-order valence-corrected chi connectivity index (χ3v) is 5.97. The average molecular weight is 311 g/mol. The molecule has 1 aromatic rings. The Morgan fingerprint density at radius 2 is 2.19 bits per heavy atom. The van der Waals surface area contributed by atoms with Gasteiger partial charge in [-0.2, -0.15) is 0 Å². The van der Waals surface area contributed by atoms with Crippen molar-refractivity contribution in [3.8, 4) is 5.75 Å². The molecule has 1 aliphatic carbocycles. The molecule has 21 heavy (non-hydrogen) atoms. The first-order valence-corrected chi connectivity index (χ1v) is 8.79. The first-order chi connectivity index (χ1) is 10.2. The van der Waals surface area contributed by atoms with Gasteiger partial charge in [0.25, 0.3) is 0 Å². The number of nitrogens with one attached hydrogen (secondary N) is 1. The number of benzene rings is 1. The van der Waals surface area contributed by atoms with Gasteiger partial charge in [-0.05, 0) is 49.6 Å². The Labute approximate surface area is 129 Å². The monoisotopic (exact) mass is 311 g/mol. The molecule has 0 aliphatic heterocycles. The summed E-state index contributed by atoms with van der Waals surface area (Å²) in [4.78, 5) is 0. The molecule has 4 nitrogen and oxygen atoms in total. The van der Waals surface area contributed by atoms with Crippen molar-refractivity contribution >= 4 is 10.8 Å². The average Bonchev–Trinajstić information content (AvgIpc) is 2.53. The van der Waals surface area contributed by atoms with Crippen LogP contribution in [0, 0.1) is 0 Å². The number of methoxy groups -OCH3 is 2. The predicted octanol–water partition coefficient (Wildman–Crippen LogP) is 2.06. The normalized spacial score (nSPS) is 22.6. The van der Waals surface area contributed by atoms with Gasteiger partial charge in [-0.15, -0.1) is 0 Å². The molecule has 0 fully saturated rings. The van der Waals surface area contributed by atoms with Crippen molar-refractivity contribution in [1.82, 2.24) is 5.32 Å². The molecule has 118 valence electrons. The summed E-state index contributed by atoms with van der Waals surface area (Å²) in [7, 11) is 4.49. The molecule has 0 amide bonds. The minimum absolute atomic E-state index is 0.156. The number of hydrogen-bond donors (Lipinski definition) is 1. The zero-order chi connectivity index (χ0) is 15.2. The van der Waals surface area contributed by atoms with E-state index < -0.39 is 10.8 Å². The SMILES string of the molecule is CNC1c2ccc(OC)cc2CCC1S(=O)CCCOC. The molecule has 3 unspecified atom stereocenters. The zero-order valence-corrected chi connectivity index (χ0v) is 13.9. The lowest BCUT2D eigenvalue weighted by atomic mass is 9.87. The third kappa shape index (κ3) is 3.84.